The molecule has 2 heterocycles. The second kappa shape index (κ2) is 10.9. The number of carbonyl (C=O) groups excluding carboxylic acids is 1. The summed E-state index contributed by atoms with van der Waals surface area (Å²) in [4.78, 5) is 19.7. The smallest absolute Gasteiger partial charge is 0.251 e. The van der Waals surface area contributed by atoms with Crippen LogP contribution in [0.1, 0.15) is 55.8 Å². The Bertz CT molecular complexity index is 805. The molecule has 1 aliphatic heterocycles. The summed E-state index contributed by atoms with van der Waals surface area (Å²) in [6.45, 7) is 7.15. The molecule has 6 nitrogen and oxygen atoms in total. The number of amides is 1. The van der Waals surface area contributed by atoms with Gasteiger partial charge in [-0.3, -0.25) is 4.79 Å². The molecule has 3 atom stereocenters. The van der Waals surface area contributed by atoms with Crippen molar-refractivity contribution in [2.75, 3.05) is 32.8 Å². The van der Waals surface area contributed by atoms with Crippen LogP contribution in [0.5, 0.6) is 0 Å². The minimum absolute atomic E-state index is 0.0435. The highest BCUT2D eigenvalue weighted by atomic mass is 16.5. The molecule has 1 aromatic carbocycles. The first kappa shape index (κ1) is 22.0. The lowest BCUT2D eigenvalue weighted by Gasteiger charge is -2.39. The van der Waals surface area contributed by atoms with Crippen LogP contribution in [0.25, 0.3) is 5.69 Å². The van der Waals surface area contributed by atoms with E-state index < -0.39 is 0 Å². The molecule has 31 heavy (non-hydrogen) atoms. The second-order valence-electron chi connectivity index (χ2n) is 9.07. The molecule has 2 fully saturated rings. The molecule has 4 rings (SSSR count). The van der Waals surface area contributed by atoms with E-state index in [4.69, 9.17) is 4.74 Å². The summed E-state index contributed by atoms with van der Waals surface area (Å²) in [5, 5.41) is 3.37. The van der Waals surface area contributed by atoms with Crippen LogP contribution in [0.2, 0.25) is 0 Å². The molecule has 1 aromatic heterocycles. The van der Waals surface area contributed by atoms with Gasteiger partial charge < -0.3 is 19.5 Å². The summed E-state index contributed by atoms with van der Waals surface area (Å²) < 4.78 is 7.62. The van der Waals surface area contributed by atoms with E-state index in [0.717, 1.165) is 44.0 Å². The van der Waals surface area contributed by atoms with Gasteiger partial charge in [0.15, 0.2) is 0 Å². The molecule has 0 spiro atoms. The Morgan fingerprint density at radius 1 is 1.16 bits per heavy atom. The zero-order valence-corrected chi connectivity index (χ0v) is 18.7. The minimum Gasteiger partial charge on any atom is -0.381 e. The van der Waals surface area contributed by atoms with Gasteiger partial charge in [-0.2, -0.15) is 0 Å². The lowest BCUT2D eigenvalue weighted by molar-refractivity contribution is 0.0548. The third-order valence-corrected chi connectivity index (χ3v) is 6.81. The number of benzene rings is 1. The third-order valence-electron chi connectivity index (χ3n) is 6.81. The summed E-state index contributed by atoms with van der Waals surface area (Å²) in [5.74, 6) is 1.23. The van der Waals surface area contributed by atoms with Crippen LogP contribution in [0.3, 0.4) is 0 Å². The predicted octanol–water partition coefficient (Wildman–Crippen LogP) is 3.91. The Kier molecular flexibility index (Phi) is 7.76. The van der Waals surface area contributed by atoms with Gasteiger partial charge in [-0.1, -0.05) is 12.8 Å². The fraction of sp³-hybridized carbons (Fsp3) is 0.600. The van der Waals surface area contributed by atoms with Gasteiger partial charge in [-0.25, -0.2) is 4.98 Å². The molecule has 2 aliphatic rings. The van der Waals surface area contributed by atoms with Crippen molar-refractivity contribution < 1.29 is 9.53 Å². The molecule has 1 unspecified atom stereocenters. The molecule has 1 saturated carbocycles. The summed E-state index contributed by atoms with van der Waals surface area (Å²) in [7, 11) is 0. The summed E-state index contributed by atoms with van der Waals surface area (Å²) >= 11 is 0. The van der Waals surface area contributed by atoms with Gasteiger partial charge in [0.05, 0.1) is 12.9 Å². The van der Waals surface area contributed by atoms with Crippen molar-refractivity contribution >= 4 is 5.91 Å². The van der Waals surface area contributed by atoms with E-state index in [1.54, 1.807) is 12.5 Å². The molecule has 1 N–H and O–H groups in total. The van der Waals surface area contributed by atoms with E-state index in [1.165, 1.54) is 38.6 Å². The zero-order chi connectivity index (χ0) is 21.5. The topological polar surface area (TPSA) is 59.4 Å². The van der Waals surface area contributed by atoms with Gasteiger partial charge >= 0.3 is 0 Å². The molecule has 0 bridgehead atoms. The maximum Gasteiger partial charge on any atom is 0.251 e. The van der Waals surface area contributed by atoms with Gasteiger partial charge in [0.1, 0.15) is 0 Å². The first-order chi connectivity index (χ1) is 15.2. The first-order valence-electron chi connectivity index (χ1n) is 11.9. The average molecular weight is 425 g/mol. The highest BCUT2D eigenvalue weighted by molar-refractivity contribution is 5.94. The second-order valence-corrected chi connectivity index (χ2v) is 9.07. The molecular formula is C25H36N4O2. The molecule has 168 valence electrons. The van der Waals surface area contributed by atoms with E-state index >= 15 is 0 Å². The summed E-state index contributed by atoms with van der Waals surface area (Å²) in [6, 6.07) is 8.03. The number of imidazole rings is 1. The average Bonchev–Trinajstić information content (AvgIpc) is 3.34. The number of ether oxygens (including phenoxy) is 1. The Balaban J connectivity index is 1.33. The van der Waals surface area contributed by atoms with E-state index in [9.17, 15) is 4.79 Å². The van der Waals surface area contributed by atoms with Crippen LogP contribution < -0.4 is 5.32 Å². The van der Waals surface area contributed by atoms with E-state index in [-0.39, 0.29) is 11.9 Å². The Labute approximate surface area is 186 Å². The van der Waals surface area contributed by atoms with Gasteiger partial charge in [0, 0.05) is 49.4 Å². The third kappa shape index (κ3) is 5.95. The van der Waals surface area contributed by atoms with Crippen molar-refractivity contribution in [1.82, 2.24) is 19.8 Å². The Morgan fingerprint density at radius 2 is 2.00 bits per heavy atom. The van der Waals surface area contributed by atoms with Gasteiger partial charge in [0.25, 0.3) is 5.91 Å². The molecule has 1 saturated heterocycles. The fourth-order valence-electron chi connectivity index (χ4n) is 5.13. The summed E-state index contributed by atoms with van der Waals surface area (Å²) in [5.41, 5.74) is 1.74. The maximum atomic E-state index is 13.0. The largest absolute Gasteiger partial charge is 0.381 e. The Morgan fingerprint density at radius 3 is 2.77 bits per heavy atom. The Hall–Kier alpha value is -2.18. The van der Waals surface area contributed by atoms with Crippen molar-refractivity contribution in [2.45, 2.75) is 51.5 Å². The maximum absolute atomic E-state index is 13.0. The number of carbonyl (C=O) groups is 1. The molecule has 1 amide bonds. The standard InChI is InChI=1S/C25H36N4O2/c1-2-31-18-20-6-5-14-28(16-20)17-22-7-3-4-8-24(22)27-25(30)21-9-11-23(12-10-21)29-15-13-26-19-29/h9-13,15,19-20,22,24H,2-8,14,16-18H2,1H3,(H,27,30)/t20?,22-,24+/m0/s1. The molecule has 2 aromatic rings. The van der Waals surface area contributed by atoms with Gasteiger partial charge in [-0.05, 0) is 75.3 Å². The highest BCUT2D eigenvalue weighted by Gasteiger charge is 2.30. The van der Waals surface area contributed by atoms with Crippen LogP contribution in [0.4, 0.5) is 0 Å². The van der Waals surface area contributed by atoms with E-state index in [1.807, 2.05) is 35.0 Å². The predicted molar refractivity (Wildman–Crippen MR) is 122 cm³/mol. The number of nitrogens with zero attached hydrogens (tertiary/aromatic N) is 3. The number of hydrogen-bond acceptors (Lipinski definition) is 4. The molecule has 6 heteroatoms. The number of nitrogens with one attached hydrogen (secondary N) is 1. The monoisotopic (exact) mass is 424 g/mol. The fourth-order valence-corrected chi connectivity index (χ4v) is 5.13. The van der Waals surface area contributed by atoms with Crippen molar-refractivity contribution in [1.29, 1.82) is 0 Å². The molecule has 1 aliphatic carbocycles. The lowest BCUT2D eigenvalue weighted by atomic mass is 9.83. The van der Waals surface area contributed by atoms with Gasteiger partial charge in [-0.15, -0.1) is 0 Å². The van der Waals surface area contributed by atoms with Crippen molar-refractivity contribution in [3.63, 3.8) is 0 Å². The number of piperidine rings is 1. The highest BCUT2D eigenvalue weighted by Crippen LogP contribution is 2.27. The van der Waals surface area contributed by atoms with Gasteiger partial charge in [0.2, 0.25) is 0 Å². The number of aromatic nitrogens is 2. The van der Waals surface area contributed by atoms with Crippen molar-refractivity contribution in [3.05, 3.63) is 48.5 Å². The summed E-state index contributed by atoms with van der Waals surface area (Å²) in [6.07, 6.45) is 12.7. The van der Waals surface area contributed by atoms with Crippen molar-refractivity contribution in [2.24, 2.45) is 11.8 Å². The SMILES string of the molecule is CCOCC1CCCN(C[C@@H]2CCCC[C@H]2NC(=O)c2ccc(-n3ccnc3)cc2)C1. The van der Waals surface area contributed by atoms with Crippen LogP contribution in [0, 0.1) is 11.8 Å². The first-order valence-corrected chi connectivity index (χ1v) is 11.9. The number of likely N-dealkylation sites (tertiary alicyclic amines) is 1. The number of hydrogen-bond donors (Lipinski definition) is 1. The molecule has 0 radical (unpaired) electrons. The van der Waals surface area contributed by atoms with E-state index in [0.29, 0.717) is 11.8 Å². The van der Waals surface area contributed by atoms with Crippen molar-refractivity contribution in [3.8, 4) is 5.69 Å². The normalized spacial score (nSPS) is 24.7. The van der Waals surface area contributed by atoms with Crippen LogP contribution in [-0.2, 0) is 4.74 Å². The quantitative estimate of drug-likeness (QED) is 0.698. The number of rotatable bonds is 8. The lowest BCUT2D eigenvalue weighted by Crippen LogP contribution is -2.48. The minimum atomic E-state index is 0.0435. The zero-order valence-electron chi connectivity index (χ0n) is 18.7. The van der Waals surface area contributed by atoms with Crippen LogP contribution >= 0.6 is 0 Å². The molecular weight excluding hydrogens is 388 g/mol. The van der Waals surface area contributed by atoms with Crippen LogP contribution in [-0.4, -0.2) is 59.2 Å². The van der Waals surface area contributed by atoms with E-state index in [2.05, 4.69) is 22.1 Å². The van der Waals surface area contributed by atoms with Crippen LogP contribution in [0.15, 0.2) is 43.0 Å².